The monoisotopic (exact) mass is 272 g/mol. The number of hydrogen-bond acceptors (Lipinski definition) is 4. The summed E-state index contributed by atoms with van der Waals surface area (Å²) in [6.07, 6.45) is 0. The van der Waals surface area contributed by atoms with Gasteiger partial charge in [-0.25, -0.2) is 18.0 Å². The van der Waals surface area contributed by atoms with Crippen LogP contribution in [0.1, 0.15) is 16.2 Å². The van der Waals surface area contributed by atoms with Crippen molar-refractivity contribution in [1.29, 1.82) is 0 Å². The van der Waals surface area contributed by atoms with Crippen LogP contribution in [0.15, 0.2) is 22.7 Å². The number of carbonyl (C=O) groups is 1. The number of anilines is 1. The third-order valence-electron chi connectivity index (χ3n) is 2.24. The van der Waals surface area contributed by atoms with E-state index in [1.54, 1.807) is 0 Å². The zero-order chi connectivity index (χ0) is 14.0. The van der Waals surface area contributed by atoms with Gasteiger partial charge in [0.2, 0.25) is 0 Å². The summed E-state index contributed by atoms with van der Waals surface area (Å²) in [5.41, 5.74) is -0.574. The first-order chi connectivity index (χ1) is 8.97. The van der Waals surface area contributed by atoms with Crippen molar-refractivity contribution in [2.24, 2.45) is 0 Å². The van der Waals surface area contributed by atoms with Gasteiger partial charge in [0.15, 0.2) is 23.1 Å². The quantitative estimate of drug-likeness (QED) is 0.836. The summed E-state index contributed by atoms with van der Waals surface area (Å²) in [6, 6.07) is 2.19. The maximum absolute atomic E-state index is 13.3. The van der Waals surface area contributed by atoms with Gasteiger partial charge < -0.3 is 14.9 Å². The minimum Gasteiger partial charge on any atom is -0.476 e. The second kappa shape index (κ2) is 5.01. The lowest BCUT2D eigenvalue weighted by atomic mass is 10.2. The molecule has 0 atom stereocenters. The molecule has 0 unspecified atom stereocenters. The zero-order valence-corrected chi connectivity index (χ0v) is 9.28. The van der Waals surface area contributed by atoms with Crippen LogP contribution < -0.4 is 5.32 Å². The Labute approximate surface area is 104 Å². The lowest BCUT2D eigenvalue weighted by Gasteiger charge is -2.05. The van der Waals surface area contributed by atoms with Gasteiger partial charge in [-0.05, 0) is 0 Å². The van der Waals surface area contributed by atoms with Crippen LogP contribution in [-0.2, 0) is 6.54 Å². The highest BCUT2D eigenvalue weighted by molar-refractivity contribution is 5.85. The molecule has 0 saturated carbocycles. The smallest absolute Gasteiger partial charge is 0.358 e. The van der Waals surface area contributed by atoms with Crippen LogP contribution in [0.5, 0.6) is 0 Å². The van der Waals surface area contributed by atoms with E-state index < -0.39 is 23.4 Å². The Bertz CT molecular complexity index is 628. The highest BCUT2D eigenvalue weighted by Crippen LogP contribution is 2.19. The van der Waals surface area contributed by atoms with Crippen LogP contribution in [0.4, 0.5) is 18.9 Å². The summed E-state index contributed by atoms with van der Waals surface area (Å²) >= 11 is 0. The Hall–Kier alpha value is -2.51. The predicted octanol–water partition coefficient (Wildman–Crippen LogP) is 2.40. The van der Waals surface area contributed by atoms with Gasteiger partial charge >= 0.3 is 5.97 Å². The summed E-state index contributed by atoms with van der Waals surface area (Å²) in [4.78, 5) is 10.5. The molecular weight excluding hydrogens is 265 g/mol. The zero-order valence-electron chi connectivity index (χ0n) is 9.28. The molecule has 0 spiro atoms. The second-order valence-corrected chi connectivity index (χ2v) is 3.58. The SMILES string of the molecule is O=C(O)c1cc(CNc2cc(F)c(F)cc2F)on1. The lowest BCUT2D eigenvalue weighted by Crippen LogP contribution is -2.02. The van der Waals surface area contributed by atoms with Crippen LogP contribution >= 0.6 is 0 Å². The summed E-state index contributed by atoms with van der Waals surface area (Å²) < 4.78 is 43.5. The standard InChI is InChI=1S/C11H7F3N2O3/c12-6-2-8(14)9(3-7(6)13)15-4-5-1-10(11(17)18)16-19-5/h1-3,15H,4H2,(H,17,18). The number of aromatic nitrogens is 1. The fourth-order valence-corrected chi connectivity index (χ4v) is 1.34. The van der Waals surface area contributed by atoms with Gasteiger partial charge in [0.1, 0.15) is 5.82 Å². The van der Waals surface area contributed by atoms with Crippen molar-refractivity contribution in [2.75, 3.05) is 5.32 Å². The number of benzene rings is 1. The van der Waals surface area contributed by atoms with E-state index in [1.807, 2.05) is 0 Å². The molecule has 8 heteroatoms. The van der Waals surface area contributed by atoms with Crippen molar-refractivity contribution in [2.45, 2.75) is 6.54 Å². The Balaban J connectivity index is 2.09. The number of nitrogens with zero attached hydrogens (tertiary/aromatic N) is 1. The molecule has 19 heavy (non-hydrogen) atoms. The summed E-state index contributed by atoms with van der Waals surface area (Å²) in [6.45, 7) is -0.123. The Kier molecular flexibility index (Phi) is 3.41. The van der Waals surface area contributed by atoms with Crippen molar-refractivity contribution in [1.82, 2.24) is 5.16 Å². The topological polar surface area (TPSA) is 75.4 Å². The third-order valence-corrected chi connectivity index (χ3v) is 2.24. The minimum atomic E-state index is -1.30. The molecule has 5 nitrogen and oxygen atoms in total. The third kappa shape index (κ3) is 2.84. The predicted molar refractivity (Wildman–Crippen MR) is 57.1 cm³/mol. The van der Waals surface area contributed by atoms with Crippen molar-refractivity contribution in [3.05, 3.63) is 47.1 Å². The molecular formula is C11H7F3N2O3. The van der Waals surface area contributed by atoms with Gasteiger partial charge in [0, 0.05) is 18.2 Å². The Morgan fingerprint density at radius 2 is 1.89 bits per heavy atom. The van der Waals surface area contributed by atoms with E-state index in [-0.39, 0.29) is 23.7 Å². The number of aromatic carboxylic acids is 1. The largest absolute Gasteiger partial charge is 0.476 e. The second-order valence-electron chi connectivity index (χ2n) is 3.58. The molecule has 100 valence electrons. The molecule has 0 aliphatic rings. The van der Waals surface area contributed by atoms with Crippen LogP contribution in [0.25, 0.3) is 0 Å². The normalized spacial score (nSPS) is 10.5. The highest BCUT2D eigenvalue weighted by atomic mass is 19.2. The molecule has 0 aliphatic heterocycles. The number of rotatable bonds is 4. The van der Waals surface area contributed by atoms with E-state index in [2.05, 4.69) is 15.0 Å². The van der Waals surface area contributed by atoms with Gasteiger partial charge in [-0.3, -0.25) is 0 Å². The first-order valence-corrected chi connectivity index (χ1v) is 5.04. The van der Waals surface area contributed by atoms with E-state index in [0.29, 0.717) is 12.1 Å². The average Bonchev–Trinajstić information content (AvgIpc) is 2.81. The summed E-state index contributed by atoms with van der Waals surface area (Å²) in [5.74, 6) is -4.63. The van der Waals surface area contributed by atoms with Crippen molar-refractivity contribution < 1.29 is 27.6 Å². The number of halogens is 3. The van der Waals surface area contributed by atoms with Crippen LogP contribution in [0.3, 0.4) is 0 Å². The van der Waals surface area contributed by atoms with Gasteiger partial charge in [-0.15, -0.1) is 0 Å². The molecule has 1 heterocycles. The van der Waals surface area contributed by atoms with Crippen LogP contribution in [-0.4, -0.2) is 16.2 Å². The molecule has 2 aromatic rings. The van der Waals surface area contributed by atoms with E-state index >= 15 is 0 Å². The first kappa shape index (κ1) is 12.9. The maximum Gasteiger partial charge on any atom is 0.358 e. The van der Waals surface area contributed by atoms with Gasteiger partial charge in [0.05, 0.1) is 12.2 Å². The van der Waals surface area contributed by atoms with Gasteiger partial charge in [0.25, 0.3) is 0 Å². The first-order valence-electron chi connectivity index (χ1n) is 5.04. The van der Waals surface area contributed by atoms with Crippen molar-refractivity contribution in [3.63, 3.8) is 0 Å². The number of nitrogens with one attached hydrogen (secondary N) is 1. The lowest BCUT2D eigenvalue weighted by molar-refractivity contribution is 0.0685. The fourth-order valence-electron chi connectivity index (χ4n) is 1.34. The molecule has 0 radical (unpaired) electrons. The van der Waals surface area contributed by atoms with E-state index in [0.717, 1.165) is 6.07 Å². The maximum atomic E-state index is 13.3. The molecule has 0 bridgehead atoms. The Morgan fingerprint density at radius 3 is 2.53 bits per heavy atom. The molecule has 0 fully saturated rings. The number of hydrogen-bond donors (Lipinski definition) is 2. The molecule has 0 amide bonds. The average molecular weight is 272 g/mol. The van der Waals surface area contributed by atoms with E-state index in [1.165, 1.54) is 0 Å². The molecule has 0 saturated heterocycles. The number of carboxylic acids is 1. The molecule has 2 N–H and O–H groups in total. The molecule has 0 aliphatic carbocycles. The molecule has 1 aromatic heterocycles. The van der Waals surface area contributed by atoms with E-state index in [4.69, 9.17) is 5.11 Å². The van der Waals surface area contributed by atoms with Gasteiger partial charge in [-0.1, -0.05) is 5.16 Å². The number of carboxylic acid groups (broad SMARTS) is 1. The van der Waals surface area contributed by atoms with Gasteiger partial charge in [-0.2, -0.15) is 0 Å². The summed E-state index contributed by atoms with van der Waals surface area (Å²) in [7, 11) is 0. The van der Waals surface area contributed by atoms with Crippen LogP contribution in [0, 0.1) is 17.5 Å². The fraction of sp³-hybridized carbons (Fsp3) is 0.0909. The molecule has 2 rings (SSSR count). The molecule has 1 aromatic carbocycles. The van der Waals surface area contributed by atoms with Crippen molar-refractivity contribution >= 4 is 11.7 Å². The van der Waals surface area contributed by atoms with Crippen molar-refractivity contribution in [3.8, 4) is 0 Å². The van der Waals surface area contributed by atoms with E-state index in [9.17, 15) is 18.0 Å². The summed E-state index contributed by atoms with van der Waals surface area (Å²) in [5, 5.41) is 14.3. The highest BCUT2D eigenvalue weighted by Gasteiger charge is 2.12. The minimum absolute atomic E-state index is 0.113. The Morgan fingerprint density at radius 1 is 1.21 bits per heavy atom. The van der Waals surface area contributed by atoms with Crippen LogP contribution in [0.2, 0.25) is 0 Å².